The lowest BCUT2D eigenvalue weighted by Crippen LogP contribution is -2.09. The van der Waals surface area contributed by atoms with Crippen molar-refractivity contribution in [3.05, 3.63) is 66.6 Å². The van der Waals surface area contributed by atoms with Crippen molar-refractivity contribution in [2.75, 3.05) is 5.32 Å². The molecule has 3 rings (SSSR count). The summed E-state index contributed by atoms with van der Waals surface area (Å²) in [7, 11) is 0. The number of nitrogens with one attached hydrogen (secondary N) is 1. The molecule has 1 N–H and O–H groups in total. The first-order valence-corrected chi connectivity index (χ1v) is 6.71. The number of benzene rings is 1. The van der Waals surface area contributed by atoms with E-state index in [1.165, 1.54) is 18.5 Å². The number of hydrogen-bond donors (Lipinski definition) is 1. The molecule has 0 aliphatic carbocycles. The largest absolute Gasteiger partial charge is 0.433 e. The third-order valence-electron chi connectivity index (χ3n) is 3.03. The zero-order chi connectivity index (χ0) is 16.3. The summed E-state index contributed by atoms with van der Waals surface area (Å²) in [5.41, 5.74) is 0.588. The van der Waals surface area contributed by atoms with Gasteiger partial charge in [0.25, 0.3) is 0 Å². The molecule has 2 aromatic heterocycles. The molecule has 0 radical (unpaired) electrons. The lowest BCUT2D eigenvalue weighted by molar-refractivity contribution is -0.141. The van der Waals surface area contributed by atoms with Crippen LogP contribution in [-0.2, 0) is 6.18 Å². The van der Waals surface area contributed by atoms with E-state index in [4.69, 9.17) is 0 Å². The maximum absolute atomic E-state index is 12.7. The molecule has 0 saturated carbocycles. The number of pyridine rings is 1. The molecular formula is C16H11F3N4. The number of rotatable bonds is 3. The van der Waals surface area contributed by atoms with E-state index < -0.39 is 11.9 Å². The molecule has 2 heterocycles. The maximum atomic E-state index is 12.7. The van der Waals surface area contributed by atoms with Crippen LogP contribution in [0.4, 0.5) is 24.8 Å². The lowest BCUT2D eigenvalue weighted by atomic mass is 10.1. The van der Waals surface area contributed by atoms with Crippen molar-refractivity contribution in [2.45, 2.75) is 6.18 Å². The van der Waals surface area contributed by atoms with Crippen molar-refractivity contribution in [3.8, 4) is 11.3 Å². The van der Waals surface area contributed by atoms with Crippen molar-refractivity contribution < 1.29 is 13.2 Å². The maximum Gasteiger partial charge on any atom is 0.433 e. The molecule has 0 unspecified atom stereocenters. The fourth-order valence-electron chi connectivity index (χ4n) is 1.99. The van der Waals surface area contributed by atoms with E-state index in [0.29, 0.717) is 11.5 Å². The van der Waals surface area contributed by atoms with Crippen molar-refractivity contribution in [1.82, 2.24) is 15.0 Å². The summed E-state index contributed by atoms with van der Waals surface area (Å²) in [4.78, 5) is 11.7. The van der Waals surface area contributed by atoms with Crippen molar-refractivity contribution >= 4 is 11.6 Å². The number of hydrogen-bond acceptors (Lipinski definition) is 4. The van der Waals surface area contributed by atoms with Gasteiger partial charge in [-0.05, 0) is 12.1 Å². The second-order valence-electron chi connectivity index (χ2n) is 4.69. The summed E-state index contributed by atoms with van der Waals surface area (Å²) in [5, 5.41) is 2.76. The van der Waals surface area contributed by atoms with E-state index in [0.717, 1.165) is 11.6 Å². The number of alkyl halides is 3. The minimum absolute atomic E-state index is 0.0672. The summed E-state index contributed by atoms with van der Waals surface area (Å²) in [6.45, 7) is 0. The van der Waals surface area contributed by atoms with Gasteiger partial charge in [0.1, 0.15) is 23.7 Å². The zero-order valence-corrected chi connectivity index (χ0v) is 11.7. The Hall–Kier alpha value is -2.96. The highest BCUT2D eigenvalue weighted by Crippen LogP contribution is 2.28. The Balaban J connectivity index is 1.87. The average Bonchev–Trinajstić information content (AvgIpc) is 2.55. The summed E-state index contributed by atoms with van der Waals surface area (Å²) in [5.74, 6) is 0.434. The fraction of sp³-hybridized carbons (Fsp3) is 0.0625. The molecule has 4 nitrogen and oxygen atoms in total. The minimum atomic E-state index is -4.49. The highest BCUT2D eigenvalue weighted by atomic mass is 19.4. The van der Waals surface area contributed by atoms with Gasteiger partial charge in [0, 0.05) is 11.6 Å². The standard InChI is InChI=1S/C16H11F3N4/c17-16(18,19)13-7-4-8-14(22-13)23-15-9-12(20-10-21-15)11-5-2-1-3-6-11/h1-10H,(H,20,21,22,23). The number of anilines is 2. The van der Waals surface area contributed by atoms with E-state index in [-0.39, 0.29) is 5.82 Å². The molecule has 0 bridgehead atoms. The van der Waals surface area contributed by atoms with Crippen LogP contribution in [0.5, 0.6) is 0 Å². The summed E-state index contributed by atoms with van der Waals surface area (Å²) < 4.78 is 38.0. The summed E-state index contributed by atoms with van der Waals surface area (Å²) >= 11 is 0. The topological polar surface area (TPSA) is 50.7 Å². The van der Waals surface area contributed by atoms with Gasteiger partial charge in [-0.3, -0.25) is 0 Å². The van der Waals surface area contributed by atoms with Crippen LogP contribution in [0, 0.1) is 0 Å². The Labute approximate surface area is 130 Å². The predicted octanol–water partition coefficient (Wildman–Crippen LogP) is 4.30. The van der Waals surface area contributed by atoms with Gasteiger partial charge in [0.15, 0.2) is 0 Å². The first-order valence-electron chi connectivity index (χ1n) is 6.71. The second kappa shape index (κ2) is 6.04. The van der Waals surface area contributed by atoms with Gasteiger partial charge in [-0.1, -0.05) is 36.4 Å². The normalized spacial score (nSPS) is 11.3. The third kappa shape index (κ3) is 3.63. The van der Waals surface area contributed by atoms with Gasteiger partial charge in [0.05, 0.1) is 5.69 Å². The molecule has 23 heavy (non-hydrogen) atoms. The van der Waals surface area contributed by atoms with Crippen LogP contribution >= 0.6 is 0 Å². The van der Waals surface area contributed by atoms with Gasteiger partial charge < -0.3 is 5.32 Å². The van der Waals surface area contributed by atoms with Crippen LogP contribution in [-0.4, -0.2) is 15.0 Å². The van der Waals surface area contributed by atoms with Crippen LogP contribution < -0.4 is 5.32 Å². The number of halogens is 3. The molecule has 0 amide bonds. The molecule has 3 aromatic rings. The zero-order valence-electron chi connectivity index (χ0n) is 11.7. The number of aromatic nitrogens is 3. The van der Waals surface area contributed by atoms with Crippen molar-refractivity contribution in [3.63, 3.8) is 0 Å². The Morgan fingerprint density at radius 2 is 1.61 bits per heavy atom. The van der Waals surface area contributed by atoms with Crippen LogP contribution in [0.2, 0.25) is 0 Å². The molecule has 0 fully saturated rings. The molecule has 116 valence electrons. The van der Waals surface area contributed by atoms with Gasteiger partial charge >= 0.3 is 6.18 Å². The third-order valence-corrected chi connectivity index (χ3v) is 3.03. The quantitative estimate of drug-likeness (QED) is 0.782. The Bertz CT molecular complexity index is 804. The molecule has 0 spiro atoms. The summed E-state index contributed by atoms with van der Waals surface area (Å²) in [6.07, 6.45) is -3.14. The second-order valence-corrected chi connectivity index (χ2v) is 4.69. The summed E-state index contributed by atoms with van der Waals surface area (Å²) in [6, 6.07) is 14.7. The molecule has 0 aliphatic rings. The van der Waals surface area contributed by atoms with E-state index in [1.54, 1.807) is 6.07 Å². The van der Waals surface area contributed by atoms with Gasteiger partial charge in [-0.15, -0.1) is 0 Å². The van der Waals surface area contributed by atoms with Crippen LogP contribution in [0.25, 0.3) is 11.3 Å². The number of nitrogens with zero attached hydrogens (tertiary/aromatic N) is 3. The van der Waals surface area contributed by atoms with E-state index in [9.17, 15) is 13.2 Å². The van der Waals surface area contributed by atoms with Crippen LogP contribution in [0.1, 0.15) is 5.69 Å². The van der Waals surface area contributed by atoms with Crippen LogP contribution in [0.15, 0.2) is 60.9 Å². The highest BCUT2D eigenvalue weighted by Gasteiger charge is 2.32. The highest BCUT2D eigenvalue weighted by molar-refractivity contribution is 5.64. The minimum Gasteiger partial charge on any atom is -0.325 e. The Morgan fingerprint density at radius 1 is 0.826 bits per heavy atom. The Kier molecular flexibility index (Phi) is 3.92. The molecule has 1 aromatic carbocycles. The Morgan fingerprint density at radius 3 is 2.35 bits per heavy atom. The van der Waals surface area contributed by atoms with Gasteiger partial charge in [0.2, 0.25) is 0 Å². The van der Waals surface area contributed by atoms with E-state index >= 15 is 0 Å². The lowest BCUT2D eigenvalue weighted by Gasteiger charge is -2.09. The molecule has 0 aliphatic heterocycles. The van der Waals surface area contributed by atoms with E-state index in [1.807, 2.05) is 30.3 Å². The molecule has 7 heteroatoms. The van der Waals surface area contributed by atoms with Crippen molar-refractivity contribution in [2.24, 2.45) is 0 Å². The predicted molar refractivity (Wildman–Crippen MR) is 80.0 cm³/mol. The van der Waals surface area contributed by atoms with Gasteiger partial charge in [-0.2, -0.15) is 13.2 Å². The molecule has 0 saturated heterocycles. The van der Waals surface area contributed by atoms with E-state index in [2.05, 4.69) is 20.3 Å². The van der Waals surface area contributed by atoms with Gasteiger partial charge in [-0.25, -0.2) is 15.0 Å². The monoisotopic (exact) mass is 316 g/mol. The van der Waals surface area contributed by atoms with Crippen molar-refractivity contribution in [1.29, 1.82) is 0 Å². The first kappa shape index (κ1) is 15.0. The SMILES string of the molecule is FC(F)(F)c1cccc(Nc2cc(-c3ccccc3)ncn2)n1. The molecular weight excluding hydrogens is 305 g/mol. The smallest absolute Gasteiger partial charge is 0.325 e. The first-order chi connectivity index (χ1) is 11.0. The fourth-order valence-corrected chi connectivity index (χ4v) is 1.99. The average molecular weight is 316 g/mol. The van der Waals surface area contributed by atoms with Crippen LogP contribution in [0.3, 0.4) is 0 Å². The molecule has 0 atom stereocenters.